The van der Waals surface area contributed by atoms with E-state index in [0.717, 1.165) is 11.1 Å². The van der Waals surface area contributed by atoms with Gasteiger partial charge in [0.05, 0.1) is 0 Å². The fourth-order valence-electron chi connectivity index (χ4n) is 1.70. The van der Waals surface area contributed by atoms with Crippen molar-refractivity contribution < 1.29 is 9.53 Å². The lowest BCUT2D eigenvalue weighted by molar-refractivity contribution is -0.123. The highest BCUT2D eigenvalue weighted by atomic mass is 16.5. The molecule has 0 aliphatic heterocycles. The maximum absolute atomic E-state index is 11.5. The predicted molar refractivity (Wildman–Crippen MR) is 83.5 cm³/mol. The molecule has 0 aromatic heterocycles. The Morgan fingerprint density at radius 1 is 1.14 bits per heavy atom. The van der Waals surface area contributed by atoms with Crippen molar-refractivity contribution in [2.45, 2.75) is 13.3 Å². The van der Waals surface area contributed by atoms with E-state index in [9.17, 15) is 4.79 Å². The molecule has 0 unspecified atom stereocenters. The maximum Gasteiger partial charge on any atom is 0.277 e. The smallest absolute Gasteiger partial charge is 0.277 e. The van der Waals surface area contributed by atoms with Crippen LogP contribution in [0.5, 0.6) is 5.75 Å². The standard InChI is InChI=1S/C17H18N2O2/c1-14-7-9-16(10-8-14)21-13-17(20)19-18-12-11-15-5-3-2-4-6-15/h2-10,12H,11,13H2,1H3,(H,19,20)/b18-12+. The molecule has 0 aliphatic rings. The number of nitrogens with zero attached hydrogens (tertiary/aromatic N) is 1. The Morgan fingerprint density at radius 2 is 1.86 bits per heavy atom. The summed E-state index contributed by atoms with van der Waals surface area (Å²) in [6.07, 6.45) is 2.35. The Hall–Kier alpha value is -2.62. The molecule has 2 aromatic carbocycles. The SMILES string of the molecule is Cc1ccc(OCC(=O)N/N=C/Cc2ccccc2)cc1. The summed E-state index contributed by atoms with van der Waals surface area (Å²) in [7, 11) is 0. The molecule has 0 atom stereocenters. The highest BCUT2D eigenvalue weighted by Gasteiger charge is 2.00. The van der Waals surface area contributed by atoms with Crippen LogP contribution < -0.4 is 10.2 Å². The molecule has 1 N–H and O–H groups in total. The third kappa shape index (κ3) is 5.48. The Balaban J connectivity index is 1.69. The van der Waals surface area contributed by atoms with Gasteiger partial charge in [-0.15, -0.1) is 0 Å². The number of ether oxygens (including phenoxy) is 1. The van der Waals surface area contributed by atoms with E-state index in [2.05, 4.69) is 10.5 Å². The van der Waals surface area contributed by atoms with Crippen molar-refractivity contribution in [1.82, 2.24) is 5.43 Å². The number of aryl methyl sites for hydroxylation is 1. The first-order chi connectivity index (χ1) is 10.2. The van der Waals surface area contributed by atoms with Gasteiger partial charge in [-0.25, -0.2) is 5.43 Å². The highest BCUT2D eigenvalue weighted by Crippen LogP contribution is 2.10. The third-order valence-corrected chi connectivity index (χ3v) is 2.84. The summed E-state index contributed by atoms with van der Waals surface area (Å²) in [5.41, 5.74) is 4.74. The number of hydrogen-bond donors (Lipinski definition) is 1. The molecule has 0 radical (unpaired) electrons. The van der Waals surface area contributed by atoms with E-state index in [1.165, 1.54) is 0 Å². The van der Waals surface area contributed by atoms with Crippen LogP contribution in [0, 0.1) is 6.92 Å². The number of nitrogens with one attached hydrogen (secondary N) is 1. The van der Waals surface area contributed by atoms with Crippen LogP contribution in [0.25, 0.3) is 0 Å². The number of benzene rings is 2. The van der Waals surface area contributed by atoms with E-state index >= 15 is 0 Å². The van der Waals surface area contributed by atoms with Gasteiger partial charge < -0.3 is 4.74 Å². The van der Waals surface area contributed by atoms with Crippen LogP contribution in [-0.4, -0.2) is 18.7 Å². The minimum Gasteiger partial charge on any atom is -0.484 e. The van der Waals surface area contributed by atoms with Crippen LogP contribution in [0.15, 0.2) is 59.7 Å². The molecule has 0 fully saturated rings. The molecule has 2 rings (SSSR count). The van der Waals surface area contributed by atoms with Crippen LogP contribution >= 0.6 is 0 Å². The second-order valence-electron chi connectivity index (χ2n) is 4.64. The number of hydrogen-bond acceptors (Lipinski definition) is 3. The molecule has 108 valence electrons. The monoisotopic (exact) mass is 282 g/mol. The fourth-order valence-corrected chi connectivity index (χ4v) is 1.70. The molecule has 4 nitrogen and oxygen atoms in total. The van der Waals surface area contributed by atoms with Crippen LogP contribution in [0.3, 0.4) is 0 Å². The molecule has 0 saturated heterocycles. The quantitative estimate of drug-likeness (QED) is 0.654. The van der Waals surface area contributed by atoms with Gasteiger partial charge in [-0.1, -0.05) is 48.0 Å². The molecular weight excluding hydrogens is 264 g/mol. The van der Waals surface area contributed by atoms with E-state index in [1.807, 2.05) is 61.5 Å². The lowest BCUT2D eigenvalue weighted by Gasteiger charge is -2.04. The summed E-state index contributed by atoms with van der Waals surface area (Å²) in [4.78, 5) is 11.5. The predicted octanol–water partition coefficient (Wildman–Crippen LogP) is 2.72. The van der Waals surface area contributed by atoms with E-state index in [1.54, 1.807) is 6.21 Å². The van der Waals surface area contributed by atoms with Gasteiger partial charge in [-0.05, 0) is 24.6 Å². The van der Waals surface area contributed by atoms with Gasteiger partial charge in [-0.3, -0.25) is 4.79 Å². The van der Waals surface area contributed by atoms with Crippen LogP contribution in [0.1, 0.15) is 11.1 Å². The van der Waals surface area contributed by atoms with Gasteiger partial charge in [0.1, 0.15) is 5.75 Å². The Kier molecular flexibility index (Phi) is 5.52. The number of hydrazone groups is 1. The van der Waals surface area contributed by atoms with Gasteiger partial charge in [0.15, 0.2) is 6.61 Å². The number of amides is 1. The van der Waals surface area contributed by atoms with Gasteiger partial charge >= 0.3 is 0 Å². The largest absolute Gasteiger partial charge is 0.484 e. The molecular formula is C17H18N2O2. The zero-order chi connectivity index (χ0) is 14.9. The summed E-state index contributed by atoms with van der Waals surface area (Å²) >= 11 is 0. The van der Waals surface area contributed by atoms with Crippen LogP contribution in [0.2, 0.25) is 0 Å². The van der Waals surface area contributed by atoms with E-state index < -0.39 is 0 Å². The Labute approximate surface area is 124 Å². The summed E-state index contributed by atoms with van der Waals surface area (Å²) in [5, 5.41) is 3.89. The molecule has 1 amide bonds. The molecule has 2 aromatic rings. The Morgan fingerprint density at radius 3 is 2.57 bits per heavy atom. The van der Waals surface area contributed by atoms with Crippen LogP contribution in [0.4, 0.5) is 0 Å². The van der Waals surface area contributed by atoms with E-state index in [4.69, 9.17) is 4.74 Å². The molecule has 4 heteroatoms. The summed E-state index contributed by atoms with van der Waals surface area (Å²) < 4.78 is 5.35. The van der Waals surface area contributed by atoms with Crippen molar-refractivity contribution in [3.63, 3.8) is 0 Å². The highest BCUT2D eigenvalue weighted by molar-refractivity contribution is 5.78. The molecule has 0 aliphatic carbocycles. The zero-order valence-electron chi connectivity index (χ0n) is 12.0. The minimum absolute atomic E-state index is 0.0499. The summed E-state index contributed by atoms with van der Waals surface area (Å²) in [5.74, 6) is 0.393. The normalized spacial score (nSPS) is 10.5. The van der Waals surface area contributed by atoms with Gasteiger partial charge in [0.25, 0.3) is 5.91 Å². The number of carbonyl (C=O) groups excluding carboxylic acids is 1. The zero-order valence-corrected chi connectivity index (χ0v) is 12.0. The maximum atomic E-state index is 11.5. The second-order valence-corrected chi connectivity index (χ2v) is 4.64. The number of rotatable bonds is 6. The summed E-state index contributed by atoms with van der Waals surface area (Å²) in [6, 6.07) is 17.5. The van der Waals surface area contributed by atoms with Crippen LogP contribution in [-0.2, 0) is 11.2 Å². The fraction of sp³-hybridized carbons (Fsp3) is 0.176. The van der Waals surface area contributed by atoms with Crippen molar-refractivity contribution in [3.05, 3.63) is 65.7 Å². The van der Waals surface area contributed by atoms with Gasteiger partial charge in [0.2, 0.25) is 0 Å². The first-order valence-corrected chi connectivity index (χ1v) is 6.78. The van der Waals surface area contributed by atoms with Crippen molar-refractivity contribution in [2.75, 3.05) is 6.61 Å². The average Bonchev–Trinajstić information content (AvgIpc) is 2.52. The first-order valence-electron chi connectivity index (χ1n) is 6.78. The topological polar surface area (TPSA) is 50.7 Å². The average molecular weight is 282 g/mol. The van der Waals surface area contributed by atoms with Crippen molar-refractivity contribution in [2.24, 2.45) is 5.10 Å². The first kappa shape index (κ1) is 14.8. The van der Waals surface area contributed by atoms with Gasteiger partial charge in [0, 0.05) is 12.6 Å². The van der Waals surface area contributed by atoms with E-state index in [0.29, 0.717) is 12.2 Å². The summed E-state index contributed by atoms with van der Waals surface area (Å²) in [6.45, 7) is 1.95. The van der Waals surface area contributed by atoms with Crippen molar-refractivity contribution in [3.8, 4) is 5.75 Å². The molecule has 0 heterocycles. The Bertz CT molecular complexity index is 592. The minimum atomic E-state index is -0.278. The lowest BCUT2D eigenvalue weighted by atomic mass is 10.2. The van der Waals surface area contributed by atoms with Crippen molar-refractivity contribution >= 4 is 12.1 Å². The molecule has 21 heavy (non-hydrogen) atoms. The molecule has 0 bridgehead atoms. The van der Waals surface area contributed by atoms with E-state index in [-0.39, 0.29) is 12.5 Å². The molecule has 0 saturated carbocycles. The second kappa shape index (κ2) is 7.85. The van der Waals surface area contributed by atoms with Crippen molar-refractivity contribution in [1.29, 1.82) is 0 Å². The molecule has 0 spiro atoms. The van der Waals surface area contributed by atoms with Gasteiger partial charge in [-0.2, -0.15) is 5.10 Å². The lowest BCUT2D eigenvalue weighted by Crippen LogP contribution is -2.24. The number of carbonyl (C=O) groups is 1. The third-order valence-electron chi connectivity index (χ3n) is 2.84.